The van der Waals surface area contributed by atoms with E-state index in [1.54, 1.807) is 22.8 Å². The van der Waals surface area contributed by atoms with Gasteiger partial charge in [-0.05, 0) is 61.7 Å². The molecule has 0 saturated carbocycles. The normalized spacial score (nSPS) is 12.8. The number of carbonyl (C=O) groups is 1. The maximum atomic E-state index is 12.5. The van der Waals surface area contributed by atoms with Gasteiger partial charge in [0, 0.05) is 13.0 Å². The van der Waals surface area contributed by atoms with Crippen molar-refractivity contribution in [2.75, 3.05) is 13.2 Å². The number of fused-ring (bicyclic) bond motifs is 2. The molecule has 6 heteroatoms. The van der Waals surface area contributed by atoms with Crippen LogP contribution in [0.15, 0.2) is 41.2 Å². The molecule has 4 rings (SSSR count). The van der Waals surface area contributed by atoms with E-state index in [0.29, 0.717) is 23.0 Å². The van der Waals surface area contributed by atoms with E-state index >= 15 is 0 Å². The molecule has 0 atom stereocenters. The molecule has 1 aromatic heterocycles. The van der Waals surface area contributed by atoms with E-state index in [4.69, 9.17) is 9.47 Å². The van der Waals surface area contributed by atoms with Crippen molar-refractivity contribution in [1.82, 2.24) is 9.55 Å². The lowest BCUT2D eigenvalue weighted by Crippen LogP contribution is -2.21. The molecule has 0 N–H and O–H groups in total. The number of carbonyl (C=O) groups excluding carboxylic acids is 1. The van der Waals surface area contributed by atoms with E-state index in [9.17, 15) is 9.59 Å². The predicted octanol–water partition coefficient (Wildman–Crippen LogP) is 3.20. The number of ether oxygens (including phenoxy) is 2. The molecule has 0 amide bonds. The third kappa shape index (κ3) is 3.63. The van der Waals surface area contributed by atoms with Crippen LogP contribution < -0.4 is 10.3 Å². The van der Waals surface area contributed by atoms with Crippen LogP contribution in [0, 0.1) is 13.8 Å². The Kier molecular flexibility index (Phi) is 4.86. The van der Waals surface area contributed by atoms with E-state index in [-0.39, 0.29) is 18.8 Å². The minimum Gasteiger partial charge on any atom is -0.490 e. The fourth-order valence-electron chi connectivity index (χ4n) is 3.60. The zero-order valence-corrected chi connectivity index (χ0v) is 16.0. The summed E-state index contributed by atoms with van der Waals surface area (Å²) in [6.45, 7) is 5.14. The maximum absolute atomic E-state index is 12.5. The van der Waals surface area contributed by atoms with E-state index in [0.717, 1.165) is 35.5 Å². The van der Waals surface area contributed by atoms with Crippen molar-refractivity contribution < 1.29 is 14.3 Å². The summed E-state index contributed by atoms with van der Waals surface area (Å²) >= 11 is 0. The second-order valence-electron chi connectivity index (χ2n) is 7.13. The van der Waals surface area contributed by atoms with E-state index in [1.165, 1.54) is 0 Å². The molecule has 1 aliphatic rings. The molecule has 6 nitrogen and oxygen atoms in total. The SMILES string of the molecule is Cc1cc(C)cc(OCCOC(=O)c2ccc3c(=O)n4c(nc3c2)CCC4)c1. The number of aromatic nitrogens is 2. The number of hydrogen-bond donors (Lipinski definition) is 0. The minimum absolute atomic E-state index is 0.0423. The first kappa shape index (κ1) is 18.2. The summed E-state index contributed by atoms with van der Waals surface area (Å²) in [5, 5.41) is 0.528. The summed E-state index contributed by atoms with van der Waals surface area (Å²) in [5.41, 5.74) is 3.13. The first-order chi connectivity index (χ1) is 13.5. The molecular weight excluding hydrogens is 356 g/mol. The second kappa shape index (κ2) is 7.46. The first-order valence-electron chi connectivity index (χ1n) is 9.43. The van der Waals surface area contributed by atoms with Gasteiger partial charge in [-0.1, -0.05) is 6.07 Å². The Morgan fingerprint density at radius 2 is 1.89 bits per heavy atom. The Morgan fingerprint density at radius 1 is 1.11 bits per heavy atom. The molecule has 144 valence electrons. The van der Waals surface area contributed by atoms with Gasteiger partial charge in [0.15, 0.2) is 0 Å². The summed E-state index contributed by atoms with van der Waals surface area (Å²) in [5.74, 6) is 1.09. The van der Waals surface area contributed by atoms with Crippen molar-refractivity contribution >= 4 is 16.9 Å². The predicted molar refractivity (Wildman–Crippen MR) is 106 cm³/mol. The lowest BCUT2D eigenvalue weighted by molar-refractivity contribution is 0.0450. The number of esters is 1. The molecule has 0 radical (unpaired) electrons. The van der Waals surface area contributed by atoms with Crippen LogP contribution in [0.2, 0.25) is 0 Å². The van der Waals surface area contributed by atoms with Gasteiger partial charge in [0.05, 0.1) is 16.5 Å². The lowest BCUT2D eigenvalue weighted by atomic mass is 10.1. The topological polar surface area (TPSA) is 70.4 Å². The molecule has 0 saturated heterocycles. The van der Waals surface area contributed by atoms with Crippen LogP contribution >= 0.6 is 0 Å². The van der Waals surface area contributed by atoms with Crippen LogP contribution in [0.5, 0.6) is 5.75 Å². The summed E-state index contributed by atoms with van der Waals surface area (Å²) in [7, 11) is 0. The van der Waals surface area contributed by atoms with Gasteiger partial charge in [0.25, 0.3) is 5.56 Å². The maximum Gasteiger partial charge on any atom is 0.338 e. The van der Waals surface area contributed by atoms with Gasteiger partial charge in [-0.25, -0.2) is 9.78 Å². The minimum atomic E-state index is -0.451. The van der Waals surface area contributed by atoms with Gasteiger partial charge in [-0.15, -0.1) is 0 Å². The average Bonchev–Trinajstić information content (AvgIpc) is 3.13. The Morgan fingerprint density at radius 3 is 2.68 bits per heavy atom. The molecule has 0 bridgehead atoms. The van der Waals surface area contributed by atoms with Crippen LogP contribution in [0.3, 0.4) is 0 Å². The van der Waals surface area contributed by atoms with Gasteiger partial charge in [0.1, 0.15) is 24.8 Å². The van der Waals surface area contributed by atoms with Crippen molar-refractivity contribution in [3.8, 4) is 5.75 Å². The fourth-order valence-corrected chi connectivity index (χ4v) is 3.60. The first-order valence-corrected chi connectivity index (χ1v) is 9.43. The smallest absolute Gasteiger partial charge is 0.338 e. The molecule has 0 spiro atoms. The molecule has 2 heterocycles. The lowest BCUT2D eigenvalue weighted by Gasteiger charge is -2.10. The third-order valence-corrected chi connectivity index (χ3v) is 4.83. The van der Waals surface area contributed by atoms with Crippen LogP contribution in [0.1, 0.15) is 33.7 Å². The van der Waals surface area contributed by atoms with Crippen molar-refractivity contribution in [3.05, 3.63) is 69.3 Å². The van der Waals surface area contributed by atoms with E-state index < -0.39 is 5.97 Å². The molecular formula is C22H22N2O4. The number of aryl methyl sites for hydroxylation is 3. The van der Waals surface area contributed by atoms with Crippen molar-refractivity contribution in [3.63, 3.8) is 0 Å². The Labute approximate surface area is 162 Å². The van der Waals surface area contributed by atoms with Gasteiger partial charge in [0.2, 0.25) is 0 Å². The Hall–Kier alpha value is -3.15. The highest BCUT2D eigenvalue weighted by atomic mass is 16.6. The van der Waals surface area contributed by atoms with Crippen LogP contribution in [0.25, 0.3) is 10.9 Å². The molecule has 2 aromatic carbocycles. The number of rotatable bonds is 5. The van der Waals surface area contributed by atoms with Crippen LogP contribution in [0.4, 0.5) is 0 Å². The highest BCUT2D eigenvalue weighted by Crippen LogP contribution is 2.18. The molecule has 3 aromatic rings. The standard InChI is InChI=1S/C22H22N2O4/c1-14-10-15(2)12-17(11-14)27-8-9-28-22(26)16-5-6-18-19(13-16)23-20-4-3-7-24(20)21(18)25/h5-6,10-13H,3-4,7-9H2,1-2H3. The fraction of sp³-hybridized carbons (Fsp3) is 0.318. The van der Waals surface area contributed by atoms with Gasteiger partial charge in [-0.2, -0.15) is 0 Å². The Bertz CT molecular complexity index is 1100. The zero-order chi connectivity index (χ0) is 19.7. The van der Waals surface area contributed by atoms with Crippen molar-refractivity contribution in [2.45, 2.75) is 33.2 Å². The number of hydrogen-bond acceptors (Lipinski definition) is 5. The van der Waals surface area contributed by atoms with Gasteiger partial charge >= 0.3 is 5.97 Å². The quantitative estimate of drug-likeness (QED) is 0.504. The Balaban J connectivity index is 1.41. The summed E-state index contributed by atoms with van der Waals surface area (Å²) in [6, 6.07) is 10.9. The highest BCUT2D eigenvalue weighted by Gasteiger charge is 2.17. The monoisotopic (exact) mass is 378 g/mol. The summed E-state index contributed by atoms with van der Waals surface area (Å²) in [6.07, 6.45) is 1.71. The molecule has 1 aliphatic heterocycles. The van der Waals surface area contributed by atoms with Crippen molar-refractivity contribution in [2.24, 2.45) is 0 Å². The molecule has 0 aliphatic carbocycles. The van der Waals surface area contributed by atoms with Crippen molar-refractivity contribution in [1.29, 1.82) is 0 Å². The van der Waals surface area contributed by atoms with E-state index in [2.05, 4.69) is 11.1 Å². The summed E-state index contributed by atoms with van der Waals surface area (Å²) < 4.78 is 12.7. The second-order valence-corrected chi connectivity index (χ2v) is 7.13. The van der Waals surface area contributed by atoms with Crippen LogP contribution in [-0.4, -0.2) is 28.7 Å². The number of benzene rings is 2. The molecule has 0 fully saturated rings. The third-order valence-electron chi connectivity index (χ3n) is 4.83. The zero-order valence-electron chi connectivity index (χ0n) is 16.0. The molecule has 28 heavy (non-hydrogen) atoms. The van der Waals surface area contributed by atoms with Gasteiger partial charge < -0.3 is 9.47 Å². The number of nitrogens with zero attached hydrogens (tertiary/aromatic N) is 2. The highest BCUT2D eigenvalue weighted by molar-refractivity contribution is 5.94. The summed E-state index contributed by atoms with van der Waals surface area (Å²) in [4.78, 5) is 29.4. The average molecular weight is 378 g/mol. The largest absolute Gasteiger partial charge is 0.490 e. The van der Waals surface area contributed by atoms with Crippen LogP contribution in [-0.2, 0) is 17.7 Å². The van der Waals surface area contributed by atoms with E-state index in [1.807, 2.05) is 26.0 Å². The van der Waals surface area contributed by atoms with Gasteiger partial charge in [-0.3, -0.25) is 9.36 Å². The molecule has 0 unspecified atom stereocenters.